The second kappa shape index (κ2) is 4.42. The molecule has 0 spiro atoms. The van der Waals surface area contributed by atoms with Crippen LogP contribution in [0.15, 0.2) is 77.4 Å². The zero-order chi connectivity index (χ0) is 13.4. The van der Waals surface area contributed by atoms with Crippen LogP contribution in [-0.4, -0.2) is 4.98 Å². The molecule has 0 amide bonds. The van der Waals surface area contributed by atoms with E-state index in [1.54, 1.807) is 6.26 Å². The third kappa shape index (κ3) is 1.82. The van der Waals surface area contributed by atoms with Gasteiger partial charge in [-0.2, -0.15) is 0 Å². The molecule has 2 aromatic heterocycles. The minimum absolute atomic E-state index is 0.896. The van der Waals surface area contributed by atoms with Gasteiger partial charge in [-0.1, -0.05) is 42.5 Å². The molecule has 4 aromatic rings. The highest BCUT2D eigenvalue weighted by atomic mass is 16.3. The zero-order valence-electron chi connectivity index (χ0n) is 10.8. The molecule has 0 bridgehead atoms. The lowest BCUT2D eigenvalue weighted by Gasteiger charge is -2.00. The van der Waals surface area contributed by atoms with Gasteiger partial charge in [0, 0.05) is 22.2 Å². The number of fused-ring (bicyclic) bond motifs is 1. The van der Waals surface area contributed by atoms with Crippen LogP contribution in [0.1, 0.15) is 0 Å². The van der Waals surface area contributed by atoms with E-state index in [1.165, 1.54) is 10.9 Å². The quantitative estimate of drug-likeness (QED) is 0.533. The second-order valence-corrected chi connectivity index (χ2v) is 4.82. The molecule has 1 N–H and O–H groups in total. The highest BCUT2D eigenvalue weighted by Crippen LogP contribution is 2.27. The van der Waals surface area contributed by atoms with E-state index in [0.29, 0.717) is 0 Å². The number of aromatic amines is 1. The topological polar surface area (TPSA) is 28.9 Å². The molecule has 0 unspecified atom stereocenters. The number of benzene rings is 2. The van der Waals surface area contributed by atoms with E-state index in [-0.39, 0.29) is 0 Å². The fourth-order valence-corrected chi connectivity index (χ4v) is 2.49. The normalized spacial score (nSPS) is 11.0. The van der Waals surface area contributed by atoms with Gasteiger partial charge in [0.2, 0.25) is 0 Å². The van der Waals surface area contributed by atoms with Crippen LogP contribution in [0.3, 0.4) is 0 Å². The Labute approximate surface area is 116 Å². The summed E-state index contributed by atoms with van der Waals surface area (Å²) in [6, 6.07) is 22.8. The summed E-state index contributed by atoms with van der Waals surface area (Å²) in [5.74, 6) is 0.896. The summed E-state index contributed by atoms with van der Waals surface area (Å²) in [4.78, 5) is 3.44. The van der Waals surface area contributed by atoms with Gasteiger partial charge >= 0.3 is 0 Å². The number of nitrogens with one attached hydrogen (secondary N) is 1. The predicted molar refractivity (Wildman–Crippen MR) is 81.4 cm³/mol. The van der Waals surface area contributed by atoms with Crippen LogP contribution >= 0.6 is 0 Å². The highest BCUT2D eigenvalue weighted by molar-refractivity contribution is 5.86. The zero-order valence-corrected chi connectivity index (χ0v) is 10.8. The maximum Gasteiger partial charge on any atom is 0.133 e. The first-order valence-corrected chi connectivity index (χ1v) is 6.62. The lowest BCUT2D eigenvalue weighted by atomic mass is 10.1. The van der Waals surface area contributed by atoms with Crippen molar-refractivity contribution in [1.82, 2.24) is 4.98 Å². The highest BCUT2D eigenvalue weighted by Gasteiger charge is 2.04. The van der Waals surface area contributed by atoms with Gasteiger partial charge < -0.3 is 9.40 Å². The van der Waals surface area contributed by atoms with Gasteiger partial charge in [0.15, 0.2) is 0 Å². The average Bonchev–Trinajstić information content (AvgIpc) is 3.17. The molecule has 0 saturated heterocycles. The van der Waals surface area contributed by atoms with Crippen molar-refractivity contribution in [1.29, 1.82) is 0 Å². The van der Waals surface area contributed by atoms with Crippen LogP contribution in [0.25, 0.3) is 33.5 Å². The van der Waals surface area contributed by atoms with Crippen molar-refractivity contribution in [2.75, 3.05) is 0 Å². The largest absolute Gasteiger partial charge is 0.464 e. The summed E-state index contributed by atoms with van der Waals surface area (Å²) in [7, 11) is 0. The molecular formula is C18H13NO. The third-order valence-electron chi connectivity index (χ3n) is 3.53. The van der Waals surface area contributed by atoms with Crippen LogP contribution in [0.5, 0.6) is 0 Å². The number of rotatable bonds is 2. The van der Waals surface area contributed by atoms with Crippen molar-refractivity contribution in [3.63, 3.8) is 0 Å². The number of aromatic nitrogens is 1. The molecule has 4 rings (SSSR count). The molecular weight excluding hydrogens is 246 g/mol. The summed E-state index contributed by atoms with van der Waals surface area (Å²) in [5, 5.41) is 1.23. The molecule has 2 heteroatoms. The molecule has 0 atom stereocenters. The summed E-state index contributed by atoms with van der Waals surface area (Å²) >= 11 is 0. The minimum atomic E-state index is 0.896. The van der Waals surface area contributed by atoms with Gasteiger partial charge in [-0.15, -0.1) is 0 Å². The molecule has 0 aliphatic carbocycles. The van der Waals surface area contributed by atoms with Gasteiger partial charge in [-0.3, -0.25) is 0 Å². The summed E-state index contributed by atoms with van der Waals surface area (Å²) in [6.45, 7) is 0. The standard InChI is InChI=1S/C18H13NO/c1-2-5-16-15(4-1)12-17(19-16)13-7-9-14(10-8-13)18-6-3-11-20-18/h1-12,19H. The van der Waals surface area contributed by atoms with Gasteiger partial charge in [0.25, 0.3) is 0 Å². The maximum atomic E-state index is 5.41. The Morgan fingerprint density at radius 2 is 1.55 bits per heavy atom. The van der Waals surface area contributed by atoms with Gasteiger partial charge in [0.1, 0.15) is 5.76 Å². The number of furan rings is 1. The van der Waals surface area contributed by atoms with Crippen molar-refractivity contribution >= 4 is 10.9 Å². The first-order valence-electron chi connectivity index (χ1n) is 6.62. The molecule has 20 heavy (non-hydrogen) atoms. The van der Waals surface area contributed by atoms with Gasteiger partial charge in [-0.05, 0) is 29.8 Å². The number of para-hydroxylation sites is 1. The van der Waals surface area contributed by atoms with E-state index in [4.69, 9.17) is 4.42 Å². The Kier molecular flexibility index (Phi) is 2.46. The van der Waals surface area contributed by atoms with E-state index >= 15 is 0 Å². The molecule has 0 saturated carbocycles. The van der Waals surface area contributed by atoms with Crippen LogP contribution < -0.4 is 0 Å². The number of hydrogen-bond donors (Lipinski definition) is 1. The molecule has 0 fully saturated rings. The third-order valence-corrected chi connectivity index (χ3v) is 3.53. The first kappa shape index (κ1) is 11.1. The molecule has 96 valence electrons. The van der Waals surface area contributed by atoms with Crippen molar-refractivity contribution in [2.45, 2.75) is 0 Å². The van der Waals surface area contributed by atoms with Crippen LogP contribution in [0.2, 0.25) is 0 Å². The molecule has 0 radical (unpaired) electrons. The average molecular weight is 259 g/mol. The molecule has 2 aromatic carbocycles. The minimum Gasteiger partial charge on any atom is -0.464 e. The SMILES string of the molecule is c1coc(-c2ccc(-c3cc4ccccc4[nH]3)cc2)c1. The summed E-state index contributed by atoms with van der Waals surface area (Å²) in [6.07, 6.45) is 1.70. The lowest BCUT2D eigenvalue weighted by molar-refractivity contribution is 0.582. The fraction of sp³-hybridized carbons (Fsp3) is 0. The monoisotopic (exact) mass is 259 g/mol. The number of H-pyrrole nitrogens is 1. The van der Waals surface area contributed by atoms with E-state index in [9.17, 15) is 0 Å². The number of hydrogen-bond acceptors (Lipinski definition) is 1. The van der Waals surface area contributed by atoms with Crippen molar-refractivity contribution in [3.05, 3.63) is 73.0 Å². The van der Waals surface area contributed by atoms with Crippen molar-refractivity contribution < 1.29 is 4.42 Å². The molecule has 2 heterocycles. The van der Waals surface area contributed by atoms with Crippen molar-refractivity contribution in [3.8, 4) is 22.6 Å². The first-order chi connectivity index (χ1) is 9.90. The predicted octanol–water partition coefficient (Wildman–Crippen LogP) is 5.09. The Balaban J connectivity index is 1.75. The van der Waals surface area contributed by atoms with E-state index in [2.05, 4.69) is 53.5 Å². The van der Waals surface area contributed by atoms with Gasteiger partial charge in [-0.25, -0.2) is 0 Å². The Hall–Kier alpha value is -2.74. The summed E-state index contributed by atoms with van der Waals surface area (Å²) in [5.41, 5.74) is 4.57. The van der Waals surface area contributed by atoms with Crippen LogP contribution in [0.4, 0.5) is 0 Å². The Morgan fingerprint density at radius 3 is 2.30 bits per heavy atom. The van der Waals surface area contributed by atoms with E-state index in [1.807, 2.05) is 18.2 Å². The maximum absolute atomic E-state index is 5.41. The smallest absolute Gasteiger partial charge is 0.133 e. The Morgan fingerprint density at radius 1 is 0.750 bits per heavy atom. The molecule has 0 aliphatic heterocycles. The molecule has 2 nitrogen and oxygen atoms in total. The fourth-order valence-electron chi connectivity index (χ4n) is 2.49. The van der Waals surface area contributed by atoms with E-state index < -0.39 is 0 Å². The second-order valence-electron chi connectivity index (χ2n) is 4.82. The molecule has 0 aliphatic rings. The Bertz CT molecular complexity index is 806. The summed E-state index contributed by atoms with van der Waals surface area (Å²) < 4.78 is 5.41. The van der Waals surface area contributed by atoms with Crippen molar-refractivity contribution in [2.24, 2.45) is 0 Å². The van der Waals surface area contributed by atoms with Crippen LogP contribution in [-0.2, 0) is 0 Å². The van der Waals surface area contributed by atoms with E-state index in [0.717, 1.165) is 22.5 Å². The van der Waals surface area contributed by atoms with Gasteiger partial charge in [0.05, 0.1) is 6.26 Å². The lowest BCUT2D eigenvalue weighted by Crippen LogP contribution is -1.78. The van der Waals surface area contributed by atoms with Crippen LogP contribution in [0, 0.1) is 0 Å².